The summed E-state index contributed by atoms with van der Waals surface area (Å²) in [6, 6.07) is 0.0511. The average Bonchev–Trinajstić information content (AvgIpc) is 2.55. The lowest BCUT2D eigenvalue weighted by atomic mass is 10.00. The highest BCUT2D eigenvalue weighted by Gasteiger charge is 2.32. The molecule has 0 spiro atoms. The van der Waals surface area contributed by atoms with Gasteiger partial charge in [-0.3, -0.25) is 4.79 Å². The highest BCUT2D eigenvalue weighted by molar-refractivity contribution is 5.83. The van der Waals surface area contributed by atoms with Crippen LogP contribution >= 0.6 is 0 Å². The molecule has 0 aromatic rings. The van der Waals surface area contributed by atoms with Crippen LogP contribution in [-0.2, 0) is 4.79 Å². The van der Waals surface area contributed by atoms with E-state index >= 15 is 0 Å². The lowest BCUT2D eigenvalue weighted by molar-refractivity contribution is -0.120. The van der Waals surface area contributed by atoms with E-state index in [2.05, 4.69) is 30.9 Å². The summed E-state index contributed by atoms with van der Waals surface area (Å²) < 4.78 is 0. The molecule has 0 aromatic carbocycles. The molecule has 0 bridgehead atoms. The van der Waals surface area contributed by atoms with Gasteiger partial charge in [0, 0.05) is 19.2 Å². The lowest BCUT2D eigenvalue weighted by Crippen LogP contribution is -2.33. The minimum atomic E-state index is 0.0511. The van der Waals surface area contributed by atoms with Crippen molar-refractivity contribution in [2.45, 2.75) is 46.6 Å². The van der Waals surface area contributed by atoms with Gasteiger partial charge in [0.25, 0.3) is 0 Å². The molecule has 1 rings (SSSR count). The number of hydrogen-bond acceptors (Lipinski definition) is 2. The van der Waals surface area contributed by atoms with Crippen LogP contribution in [0.2, 0.25) is 0 Å². The molecular weight excluding hydrogens is 198 g/mol. The van der Waals surface area contributed by atoms with Crippen LogP contribution in [0.1, 0.15) is 40.5 Å². The number of nitrogens with zero attached hydrogens (tertiary/aromatic N) is 1. The van der Waals surface area contributed by atoms with Crippen molar-refractivity contribution in [3.05, 3.63) is 23.4 Å². The van der Waals surface area contributed by atoms with Gasteiger partial charge in [0.1, 0.15) is 0 Å². The van der Waals surface area contributed by atoms with Gasteiger partial charge in [-0.1, -0.05) is 26.0 Å². The van der Waals surface area contributed by atoms with Crippen molar-refractivity contribution < 1.29 is 4.79 Å². The smallest absolute Gasteiger partial charge is 0.152 e. The van der Waals surface area contributed by atoms with Crippen molar-refractivity contribution in [2.75, 3.05) is 7.05 Å². The van der Waals surface area contributed by atoms with E-state index in [1.807, 2.05) is 14.0 Å². The molecule has 2 heteroatoms. The zero-order chi connectivity index (χ0) is 12.3. The normalized spacial score (nSPS) is 23.3. The Balaban J connectivity index is 3.03. The standard InChI is InChI=1S/C14H23NO/c1-6-8-12-9-13(11(4)16)15(5)14(12)10(3)7-2/h6,8,10,13H,7,9H2,1-5H3/b8-6-. The summed E-state index contributed by atoms with van der Waals surface area (Å²) in [5.74, 6) is 0.795. The predicted molar refractivity (Wildman–Crippen MR) is 68.1 cm³/mol. The van der Waals surface area contributed by atoms with Crippen molar-refractivity contribution in [2.24, 2.45) is 5.92 Å². The third-order valence-electron chi connectivity index (χ3n) is 3.51. The Morgan fingerprint density at radius 2 is 2.25 bits per heavy atom. The number of rotatable bonds is 4. The van der Waals surface area contributed by atoms with E-state index < -0.39 is 0 Å². The fourth-order valence-electron chi connectivity index (χ4n) is 2.47. The number of carbonyl (C=O) groups excluding carboxylic acids is 1. The maximum atomic E-state index is 11.6. The molecule has 2 nitrogen and oxygen atoms in total. The van der Waals surface area contributed by atoms with Crippen LogP contribution in [-0.4, -0.2) is 23.8 Å². The molecular formula is C14H23NO. The zero-order valence-corrected chi connectivity index (χ0v) is 11.1. The Labute approximate surface area is 99.0 Å². The Kier molecular flexibility index (Phi) is 4.34. The Bertz CT molecular complexity index is 328. The van der Waals surface area contributed by atoms with Crippen LogP contribution in [0.4, 0.5) is 0 Å². The summed E-state index contributed by atoms with van der Waals surface area (Å²) in [5.41, 5.74) is 2.68. The minimum Gasteiger partial charge on any atom is -0.367 e. The van der Waals surface area contributed by atoms with Gasteiger partial charge in [-0.15, -0.1) is 0 Å². The van der Waals surface area contributed by atoms with E-state index in [1.54, 1.807) is 6.92 Å². The predicted octanol–water partition coefficient (Wildman–Crippen LogP) is 3.16. The van der Waals surface area contributed by atoms with Gasteiger partial charge >= 0.3 is 0 Å². The summed E-state index contributed by atoms with van der Waals surface area (Å²) in [4.78, 5) is 13.7. The molecule has 0 saturated carbocycles. The first-order valence-corrected chi connectivity index (χ1v) is 6.11. The third-order valence-corrected chi connectivity index (χ3v) is 3.51. The quantitative estimate of drug-likeness (QED) is 0.727. The molecule has 2 unspecified atom stereocenters. The topological polar surface area (TPSA) is 20.3 Å². The summed E-state index contributed by atoms with van der Waals surface area (Å²) in [6.07, 6.45) is 6.20. The van der Waals surface area contributed by atoms with Crippen LogP contribution in [0.5, 0.6) is 0 Å². The maximum absolute atomic E-state index is 11.6. The lowest BCUT2D eigenvalue weighted by Gasteiger charge is -2.26. The second-order valence-corrected chi connectivity index (χ2v) is 4.66. The third kappa shape index (κ3) is 2.37. The maximum Gasteiger partial charge on any atom is 0.152 e. The van der Waals surface area contributed by atoms with Crippen molar-refractivity contribution >= 4 is 5.78 Å². The Morgan fingerprint density at radius 3 is 2.69 bits per heavy atom. The van der Waals surface area contributed by atoms with E-state index in [0.717, 1.165) is 12.8 Å². The van der Waals surface area contributed by atoms with E-state index in [4.69, 9.17) is 0 Å². The van der Waals surface area contributed by atoms with Crippen LogP contribution in [0, 0.1) is 5.92 Å². The molecule has 0 aromatic heterocycles. The summed E-state index contributed by atoms with van der Waals surface area (Å²) >= 11 is 0. The number of ketones is 1. The number of hydrogen-bond donors (Lipinski definition) is 0. The van der Waals surface area contributed by atoms with Crippen LogP contribution in [0.3, 0.4) is 0 Å². The SMILES string of the molecule is C/C=C\C1=C(C(C)CC)N(C)C(C(C)=O)C1. The molecule has 0 radical (unpaired) electrons. The van der Waals surface area contributed by atoms with Gasteiger partial charge in [-0.05, 0) is 31.8 Å². The number of Topliss-reactive ketones (excluding diaryl/α,β-unsaturated/α-hetero) is 1. The fraction of sp³-hybridized carbons (Fsp3) is 0.643. The van der Waals surface area contributed by atoms with Crippen molar-refractivity contribution in [3.63, 3.8) is 0 Å². The Hall–Kier alpha value is -1.05. The monoisotopic (exact) mass is 221 g/mol. The molecule has 0 aliphatic carbocycles. The summed E-state index contributed by atoms with van der Waals surface area (Å²) in [6.45, 7) is 8.15. The van der Waals surface area contributed by atoms with Gasteiger partial charge in [0.15, 0.2) is 5.78 Å². The highest BCUT2D eigenvalue weighted by Crippen LogP contribution is 2.34. The van der Waals surface area contributed by atoms with E-state index in [9.17, 15) is 4.79 Å². The van der Waals surface area contributed by atoms with E-state index in [0.29, 0.717) is 5.92 Å². The molecule has 1 heterocycles. The molecule has 0 amide bonds. The summed E-state index contributed by atoms with van der Waals surface area (Å²) in [5, 5.41) is 0. The molecule has 1 aliphatic rings. The first-order valence-electron chi connectivity index (χ1n) is 6.11. The second-order valence-electron chi connectivity index (χ2n) is 4.66. The molecule has 2 atom stereocenters. The van der Waals surface area contributed by atoms with Crippen molar-refractivity contribution in [1.29, 1.82) is 0 Å². The molecule has 0 N–H and O–H groups in total. The van der Waals surface area contributed by atoms with Gasteiger partial charge in [0.2, 0.25) is 0 Å². The summed E-state index contributed by atoms with van der Waals surface area (Å²) in [7, 11) is 2.05. The number of likely N-dealkylation sites (N-methyl/N-ethyl adjacent to an activating group) is 1. The largest absolute Gasteiger partial charge is 0.367 e. The molecule has 1 aliphatic heterocycles. The van der Waals surface area contributed by atoms with Crippen LogP contribution in [0.15, 0.2) is 23.4 Å². The van der Waals surface area contributed by atoms with Crippen LogP contribution < -0.4 is 0 Å². The van der Waals surface area contributed by atoms with Crippen molar-refractivity contribution in [1.82, 2.24) is 4.90 Å². The minimum absolute atomic E-state index is 0.0511. The number of allylic oxidation sites excluding steroid dienone is 3. The van der Waals surface area contributed by atoms with E-state index in [-0.39, 0.29) is 11.8 Å². The van der Waals surface area contributed by atoms with Gasteiger partial charge in [0.05, 0.1) is 6.04 Å². The van der Waals surface area contributed by atoms with Gasteiger partial charge in [-0.2, -0.15) is 0 Å². The molecule has 16 heavy (non-hydrogen) atoms. The molecule has 0 fully saturated rings. The average molecular weight is 221 g/mol. The first kappa shape index (κ1) is 13.0. The van der Waals surface area contributed by atoms with Crippen molar-refractivity contribution in [3.8, 4) is 0 Å². The zero-order valence-electron chi connectivity index (χ0n) is 11.1. The first-order chi connectivity index (χ1) is 7.52. The molecule has 90 valence electrons. The Morgan fingerprint density at radius 1 is 1.62 bits per heavy atom. The second kappa shape index (κ2) is 5.33. The number of carbonyl (C=O) groups is 1. The molecule has 0 saturated heterocycles. The highest BCUT2D eigenvalue weighted by atomic mass is 16.1. The fourth-order valence-corrected chi connectivity index (χ4v) is 2.47. The van der Waals surface area contributed by atoms with Gasteiger partial charge < -0.3 is 4.90 Å². The van der Waals surface area contributed by atoms with Gasteiger partial charge in [-0.25, -0.2) is 0 Å². The van der Waals surface area contributed by atoms with Crippen LogP contribution in [0.25, 0.3) is 0 Å². The van der Waals surface area contributed by atoms with E-state index in [1.165, 1.54) is 11.3 Å².